The number of carbonyl (C=O) groups excluding carboxylic acids is 1. The van der Waals surface area contributed by atoms with Crippen molar-refractivity contribution in [3.8, 4) is 11.3 Å². The molecule has 132 valence electrons. The summed E-state index contributed by atoms with van der Waals surface area (Å²) in [6, 6.07) is 9.42. The summed E-state index contributed by atoms with van der Waals surface area (Å²) in [6.45, 7) is 5.35. The maximum atomic E-state index is 13.1. The first-order chi connectivity index (χ1) is 11.8. The highest BCUT2D eigenvalue weighted by Crippen LogP contribution is 2.32. The SMILES string of the molecule is C=CCNC(=O)C(C)Sc1nc(-c2ccccc2)cc(C(F)(F)F)n1. The van der Waals surface area contributed by atoms with Crippen molar-refractivity contribution in [2.75, 3.05) is 6.54 Å². The van der Waals surface area contributed by atoms with Crippen molar-refractivity contribution < 1.29 is 18.0 Å². The fraction of sp³-hybridized carbons (Fsp3) is 0.235. The van der Waals surface area contributed by atoms with Crippen LogP contribution in [0.3, 0.4) is 0 Å². The number of halogens is 3. The molecule has 0 aliphatic heterocycles. The Labute approximate surface area is 147 Å². The van der Waals surface area contributed by atoms with Crippen LogP contribution < -0.4 is 5.32 Å². The van der Waals surface area contributed by atoms with Crippen LogP contribution in [0.15, 0.2) is 54.2 Å². The van der Waals surface area contributed by atoms with E-state index < -0.39 is 17.1 Å². The molecule has 1 N–H and O–H groups in total. The number of nitrogens with one attached hydrogen (secondary N) is 1. The van der Waals surface area contributed by atoms with Crippen LogP contribution in [0.1, 0.15) is 12.6 Å². The number of amides is 1. The Bertz CT molecular complexity index is 751. The lowest BCUT2D eigenvalue weighted by Gasteiger charge is -2.13. The van der Waals surface area contributed by atoms with Gasteiger partial charge in [0.15, 0.2) is 5.16 Å². The van der Waals surface area contributed by atoms with Crippen LogP contribution >= 0.6 is 11.8 Å². The maximum absolute atomic E-state index is 13.1. The Morgan fingerprint density at radius 1 is 1.32 bits per heavy atom. The van der Waals surface area contributed by atoms with Gasteiger partial charge in [-0.25, -0.2) is 9.97 Å². The largest absolute Gasteiger partial charge is 0.433 e. The number of thioether (sulfide) groups is 1. The number of hydrogen-bond donors (Lipinski definition) is 1. The zero-order chi connectivity index (χ0) is 18.4. The van der Waals surface area contributed by atoms with E-state index in [-0.39, 0.29) is 23.3 Å². The lowest BCUT2D eigenvalue weighted by atomic mass is 10.1. The van der Waals surface area contributed by atoms with Crippen molar-refractivity contribution in [2.24, 2.45) is 0 Å². The molecule has 1 amide bonds. The van der Waals surface area contributed by atoms with Crippen molar-refractivity contribution >= 4 is 17.7 Å². The molecule has 0 saturated carbocycles. The average molecular weight is 367 g/mol. The Morgan fingerprint density at radius 2 is 2.00 bits per heavy atom. The van der Waals surface area contributed by atoms with Crippen molar-refractivity contribution in [2.45, 2.75) is 23.5 Å². The Morgan fingerprint density at radius 3 is 2.60 bits per heavy atom. The highest BCUT2D eigenvalue weighted by molar-refractivity contribution is 8.00. The standard InChI is InChI=1S/C17H16F3N3OS/c1-3-9-21-15(24)11(2)25-16-22-13(12-7-5-4-6-8-12)10-14(23-16)17(18,19)20/h3-8,10-11H,1,9H2,2H3,(H,21,24). The average Bonchev–Trinajstić information content (AvgIpc) is 2.59. The number of carbonyl (C=O) groups is 1. The molecule has 2 aromatic rings. The Kier molecular flexibility index (Phi) is 6.19. The van der Waals surface area contributed by atoms with Gasteiger partial charge >= 0.3 is 6.18 Å². The van der Waals surface area contributed by atoms with Gasteiger partial charge in [-0.1, -0.05) is 48.2 Å². The van der Waals surface area contributed by atoms with E-state index in [0.717, 1.165) is 17.8 Å². The molecule has 4 nitrogen and oxygen atoms in total. The topological polar surface area (TPSA) is 54.9 Å². The molecule has 1 atom stereocenters. The van der Waals surface area contributed by atoms with E-state index >= 15 is 0 Å². The predicted molar refractivity (Wildman–Crippen MR) is 91.0 cm³/mol. The third-order valence-corrected chi connectivity index (χ3v) is 4.10. The summed E-state index contributed by atoms with van der Waals surface area (Å²) in [5.41, 5.74) is -0.340. The summed E-state index contributed by atoms with van der Waals surface area (Å²) < 4.78 is 39.4. The third-order valence-electron chi connectivity index (χ3n) is 3.14. The van der Waals surface area contributed by atoms with E-state index in [0.29, 0.717) is 5.56 Å². The highest BCUT2D eigenvalue weighted by atomic mass is 32.2. The number of alkyl halides is 3. The Hall–Kier alpha value is -2.35. The van der Waals surface area contributed by atoms with Gasteiger partial charge in [-0.2, -0.15) is 13.2 Å². The number of hydrogen-bond acceptors (Lipinski definition) is 4. The second-order valence-corrected chi connectivity index (χ2v) is 6.39. The number of aromatic nitrogens is 2. The third kappa shape index (κ3) is 5.32. The molecule has 25 heavy (non-hydrogen) atoms. The minimum absolute atomic E-state index is 0.102. The first-order valence-corrected chi connectivity index (χ1v) is 8.26. The molecule has 0 spiro atoms. The molecule has 8 heteroatoms. The molecule has 0 aliphatic rings. The predicted octanol–water partition coefficient (Wildman–Crippen LogP) is 3.95. The van der Waals surface area contributed by atoms with Gasteiger partial charge in [0.2, 0.25) is 5.91 Å². The van der Waals surface area contributed by atoms with Crippen molar-refractivity contribution in [3.05, 3.63) is 54.7 Å². The fourth-order valence-corrected chi connectivity index (χ4v) is 2.72. The zero-order valence-corrected chi connectivity index (χ0v) is 14.2. The zero-order valence-electron chi connectivity index (χ0n) is 13.4. The van der Waals surface area contributed by atoms with E-state index in [1.54, 1.807) is 37.3 Å². The van der Waals surface area contributed by atoms with Crippen LogP contribution in [0.25, 0.3) is 11.3 Å². The van der Waals surface area contributed by atoms with Gasteiger partial charge in [-0.05, 0) is 13.0 Å². The van der Waals surface area contributed by atoms with E-state index in [1.807, 2.05) is 0 Å². The molecule has 1 unspecified atom stereocenters. The second-order valence-electron chi connectivity index (χ2n) is 5.08. The summed E-state index contributed by atoms with van der Waals surface area (Å²) in [4.78, 5) is 19.6. The van der Waals surface area contributed by atoms with E-state index in [2.05, 4.69) is 21.9 Å². The minimum atomic E-state index is -4.60. The molecule has 0 saturated heterocycles. The minimum Gasteiger partial charge on any atom is -0.352 e. The second kappa shape index (κ2) is 8.15. The van der Waals surface area contributed by atoms with Gasteiger partial charge in [-0.15, -0.1) is 6.58 Å². The highest BCUT2D eigenvalue weighted by Gasteiger charge is 2.34. The van der Waals surface area contributed by atoms with Crippen LogP contribution in [0.2, 0.25) is 0 Å². The number of nitrogens with zero attached hydrogens (tertiary/aromatic N) is 2. The van der Waals surface area contributed by atoms with Gasteiger partial charge < -0.3 is 5.32 Å². The number of rotatable bonds is 6. The summed E-state index contributed by atoms with van der Waals surface area (Å²) in [5.74, 6) is -0.327. The number of benzene rings is 1. The summed E-state index contributed by atoms with van der Waals surface area (Å²) >= 11 is 0.873. The van der Waals surface area contributed by atoms with Gasteiger partial charge in [0.1, 0.15) is 5.69 Å². The molecular weight excluding hydrogens is 351 g/mol. The van der Waals surface area contributed by atoms with Gasteiger partial charge in [0, 0.05) is 12.1 Å². The molecule has 0 aliphatic carbocycles. The Balaban J connectivity index is 2.34. The van der Waals surface area contributed by atoms with Crippen LogP contribution in [0.4, 0.5) is 13.2 Å². The van der Waals surface area contributed by atoms with Crippen LogP contribution in [-0.2, 0) is 11.0 Å². The van der Waals surface area contributed by atoms with Crippen molar-refractivity contribution in [1.82, 2.24) is 15.3 Å². The smallest absolute Gasteiger partial charge is 0.352 e. The summed E-state index contributed by atoms with van der Waals surface area (Å²) in [5, 5.41) is 1.84. The first-order valence-electron chi connectivity index (χ1n) is 7.38. The van der Waals surface area contributed by atoms with E-state index in [9.17, 15) is 18.0 Å². The van der Waals surface area contributed by atoms with Crippen LogP contribution in [0, 0.1) is 0 Å². The molecule has 1 heterocycles. The van der Waals surface area contributed by atoms with Gasteiger partial charge in [0.25, 0.3) is 0 Å². The first kappa shape index (κ1) is 19.0. The van der Waals surface area contributed by atoms with Crippen LogP contribution in [-0.4, -0.2) is 27.7 Å². The summed E-state index contributed by atoms with van der Waals surface area (Å²) in [6.07, 6.45) is -3.08. The maximum Gasteiger partial charge on any atom is 0.433 e. The van der Waals surface area contributed by atoms with E-state index in [4.69, 9.17) is 0 Å². The lowest BCUT2D eigenvalue weighted by Crippen LogP contribution is -2.31. The summed E-state index contributed by atoms with van der Waals surface area (Å²) in [7, 11) is 0. The quantitative estimate of drug-likeness (QED) is 0.477. The van der Waals surface area contributed by atoms with Crippen molar-refractivity contribution in [3.63, 3.8) is 0 Å². The normalized spacial score (nSPS) is 12.5. The van der Waals surface area contributed by atoms with Crippen LogP contribution in [0.5, 0.6) is 0 Å². The molecule has 1 aromatic carbocycles. The molecule has 0 fully saturated rings. The molecular formula is C17H16F3N3OS. The van der Waals surface area contributed by atoms with E-state index in [1.165, 1.54) is 6.08 Å². The molecule has 0 bridgehead atoms. The van der Waals surface area contributed by atoms with Gasteiger partial charge in [0.05, 0.1) is 10.9 Å². The fourth-order valence-electron chi connectivity index (χ4n) is 1.91. The lowest BCUT2D eigenvalue weighted by molar-refractivity contribution is -0.141. The monoisotopic (exact) mass is 367 g/mol. The molecule has 1 aromatic heterocycles. The van der Waals surface area contributed by atoms with Crippen molar-refractivity contribution in [1.29, 1.82) is 0 Å². The molecule has 2 rings (SSSR count). The van der Waals surface area contributed by atoms with Gasteiger partial charge in [-0.3, -0.25) is 4.79 Å². The molecule has 0 radical (unpaired) electrons.